The van der Waals surface area contributed by atoms with Crippen molar-refractivity contribution in [2.75, 3.05) is 19.7 Å². The van der Waals surface area contributed by atoms with E-state index in [1.54, 1.807) is 6.92 Å². The summed E-state index contributed by atoms with van der Waals surface area (Å²) in [7, 11) is 0. The zero-order chi connectivity index (χ0) is 17.4. The molecule has 138 valence electrons. The Hall–Kier alpha value is -0.910. The molecule has 1 saturated heterocycles. The summed E-state index contributed by atoms with van der Waals surface area (Å²) in [6, 6.07) is 2.42. The van der Waals surface area contributed by atoms with E-state index in [1.807, 2.05) is 11.3 Å². The van der Waals surface area contributed by atoms with E-state index in [2.05, 4.69) is 28.6 Å². The van der Waals surface area contributed by atoms with Gasteiger partial charge in [-0.2, -0.15) is 0 Å². The Labute approximate surface area is 154 Å². The number of ether oxygens (including phenoxy) is 1. The van der Waals surface area contributed by atoms with Gasteiger partial charge in [0.2, 0.25) is 5.91 Å². The van der Waals surface area contributed by atoms with Gasteiger partial charge in [0.15, 0.2) is 0 Å². The molecule has 0 aromatic carbocycles. The molecule has 1 amide bonds. The van der Waals surface area contributed by atoms with E-state index >= 15 is 0 Å². The molecule has 4 rings (SSSR count). The van der Waals surface area contributed by atoms with Crippen LogP contribution in [-0.2, 0) is 16.1 Å². The van der Waals surface area contributed by atoms with Crippen LogP contribution in [0.4, 0.5) is 0 Å². The predicted octanol–water partition coefficient (Wildman–Crippen LogP) is 3.20. The number of hydrogen-bond donors (Lipinski definition) is 1. The Balaban J connectivity index is 1.38. The highest BCUT2D eigenvalue weighted by Crippen LogP contribution is 2.39. The number of rotatable bonds is 6. The number of nitrogens with zero attached hydrogens (tertiary/aromatic N) is 1. The molecular formula is C20H30N2O2S. The van der Waals surface area contributed by atoms with Crippen molar-refractivity contribution < 1.29 is 9.53 Å². The first kappa shape index (κ1) is 17.5. The van der Waals surface area contributed by atoms with E-state index in [-0.39, 0.29) is 18.1 Å². The van der Waals surface area contributed by atoms with Crippen LogP contribution in [0.2, 0.25) is 0 Å². The van der Waals surface area contributed by atoms with Gasteiger partial charge in [-0.1, -0.05) is 0 Å². The molecule has 1 aromatic rings. The average Bonchev–Trinajstić information content (AvgIpc) is 3.19. The maximum absolute atomic E-state index is 11.6. The second-order valence-electron chi connectivity index (χ2n) is 8.33. The van der Waals surface area contributed by atoms with Gasteiger partial charge < -0.3 is 10.1 Å². The van der Waals surface area contributed by atoms with Crippen molar-refractivity contribution in [3.63, 3.8) is 0 Å². The van der Waals surface area contributed by atoms with E-state index in [0.29, 0.717) is 5.92 Å². The van der Waals surface area contributed by atoms with Gasteiger partial charge in [0.05, 0.1) is 12.1 Å². The first-order chi connectivity index (χ1) is 12.1. The quantitative estimate of drug-likeness (QED) is 0.845. The van der Waals surface area contributed by atoms with Gasteiger partial charge in [-0.3, -0.25) is 9.69 Å². The molecule has 0 unspecified atom stereocenters. The smallest absolute Gasteiger partial charge is 0.217 e. The maximum Gasteiger partial charge on any atom is 0.217 e. The largest absolute Gasteiger partial charge is 0.376 e. The molecule has 25 heavy (non-hydrogen) atoms. The minimum Gasteiger partial charge on any atom is -0.376 e. The third-order valence-corrected chi connectivity index (χ3v) is 7.17. The summed E-state index contributed by atoms with van der Waals surface area (Å²) in [5, 5.41) is 5.37. The predicted molar refractivity (Wildman–Crippen MR) is 101 cm³/mol. The number of aryl methyl sites for hydroxylation is 1. The summed E-state index contributed by atoms with van der Waals surface area (Å²) in [5.74, 6) is 2.26. The lowest BCUT2D eigenvalue weighted by molar-refractivity contribution is -0.122. The van der Waals surface area contributed by atoms with Gasteiger partial charge in [-0.25, -0.2) is 0 Å². The van der Waals surface area contributed by atoms with E-state index in [4.69, 9.17) is 4.74 Å². The van der Waals surface area contributed by atoms with Gasteiger partial charge in [0.25, 0.3) is 0 Å². The highest BCUT2D eigenvalue weighted by Gasteiger charge is 2.43. The summed E-state index contributed by atoms with van der Waals surface area (Å²) < 4.78 is 6.26. The van der Waals surface area contributed by atoms with Crippen LogP contribution in [0.25, 0.3) is 0 Å². The number of thiophene rings is 1. The lowest BCUT2D eigenvalue weighted by atomic mass is 9.77. The summed E-state index contributed by atoms with van der Waals surface area (Å²) >= 11 is 1.87. The molecule has 0 radical (unpaired) electrons. The number of likely N-dealkylation sites (tertiary alicyclic amines) is 1. The van der Waals surface area contributed by atoms with Crippen molar-refractivity contribution in [3.8, 4) is 0 Å². The molecule has 4 atom stereocenters. The third kappa shape index (κ3) is 4.26. The summed E-state index contributed by atoms with van der Waals surface area (Å²) in [6.45, 7) is 8.14. The van der Waals surface area contributed by atoms with Crippen LogP contribution in [-0.4, -0.2) is 42.6 Å². The van der Waals surface area contributed by atoms with E-state index in [1.165, 1.54) is 29.8 Å². The van der Waals surface area contributed by atoms with E-state index in [0.717, 1.165) is 44.4 Å². The Kier molecular flexibility index (Phi) is 5.16. The van der Waals surface area contributed by atoms with Gasteiger partial charge in [-0.05, 0) is 67.4 Å². The number of amides is 1. The zero-order valence-electron chi connectivity index (χ0n) is 15.4. The number of hydrogen-bond acceptors (Lipinski definition) is 4. The fraction of sp³-hybridized carbons (Fsp3) is 0.750. The standard InChI is InChI=1S/C20H30N2O2S/c1-13-5-6-25-20(13)11-22-9-16-7-18(21-14(2)23)19(8-17(16)10-22)24-12-15-3-4-15/h5-6,15-19H,3-4,7-12H2,1-2H3,(H,21,23)/t16-,17+,18-,19-/m1/s1. The molecule has 2 aliphatic carbocycles. The minimum absolute atomic E-state index is 0.0764. The van der Waals surface area contributed by atoms with Gasteiger partial charge in [-0.15, -0.1) is 11.3 Å². The summed E-state index contributed by atoms with van der Waals surface area (Å²) in [5.41, 5.74) is 1.42. The fourth-order valence-electron chi connectivity index (χ4n) is 4.55. The van der Waals surface area contributed by atoms with Crippen LogP contribution >= 0.6 is 11.3 Å². The normalized spacial score (nSPS) is 32.6. The van der Waals surface area contributed by atoms with Crippen molar-refractivity contribution in [3.05, 3.63) is 21.9 Å². The van der Waals surface area contributed by atoms with Crippen molar-refractivity contribution in [1.29, 1.82) is 0 Å². The van der Waals surface area contributed by atoms with Gasteiger partial charge in [0, 0.05) is 38.0 Å². The minimum atomic E-state index is 0.0764. The molecule has 2 saturated carbocycles. The molecule has 4 nitrogen and oxygen atoms in total. The lowest BCUT2D eigenvalue weighted by Gasteiger charge is -2.38. The van der Waals surface area contributed by atoms with E-state index < -0.39 is 0 Å². The van der Waals surface area contributed by atoms with Crippen LogP contribution in [0.1, 0.15) is 43.0 Å². The van der Waals surface area contributed by atoms with Gasteiger partial charge >= 0.3 is 0 Å². The lowest BCUT2D eigenvalue weighted by Crippen LogP contribution is -2.50. The van der Waals surface area contributed by atoms with Crippen LogP contribution in [0, 0.1) is 24.7 Å². The number of carbonyl (C=O) groups is 1. The third-order valence-electron chi connectivity index (χ3n) is 6.16. The maximum atomic E-state index is 11.6. The SMILES string of the molecule is CC(=O)N[C@@H]1C[C@@H]2CN(Cc3sccc3C)C[C@@H]2C[C@H]1OCC1CC1. The molecule has 1 N–H and O–H groups in total. The Bertz CT molecular complexity index is 613. The number of carbonyl (C=O) groups excluding carboxylic acids is 1. The molecular weight excluding hydrogens is 332 g/mol. The highest BCUT2D eigenvalue weighted by atomic mass is 32.1. The summed E-state index contributed by atoms with van der Waals surface area (Å²) in [6.07, 6.45) is 5.01. The zero-order valence-corrected chi connectivity index (χ0v) is 16.2. The Morgan fingerprint density at radius 3 is 2.72 bits per heavy atom. The van der Waals surface area contributed by atoms with Crippen LogP contribution in [0.3, 0.4) is 0 Å². The van der Waals surface area contributed by atoms with Gasteiger partial charge in [0.1, 0.15) is 0 Å². The van der Waals surface area contributed by atoms with Crippen LogP contribution < -0.4 is 5.32 Å². The topological polar surface area (TPSA) is 41.6 Å². The first-order valence-corrected chi connectivity index (χ1v) is 10.6. The second kappa shape index (κ2) is 7.37. The molecule has 1 aliphatic heterocycles. The van der Waals surface area contributed by atoms with Crippen molar-refractivity contribution in [1.82, 2.24) is 10.2 Å². The van der Waals surface area contributed by atoms with Crippen LogP contribution in [0.15, 0.2) is 11.4 Å². The molecule has 2 heterocycles. The Morgan fingerprint density at radius 2 is 2.08 bits per heavy atom. The van der Waals surface area contributed by atoms with Crippen molar-refractivity contribution >= 4 is 17.2 Å². The second-order valence-corrected chi connectivity index (χ2v) is 9.34. The number of nitrogens with one attached hydrogen (secondary N) is 1. The Morgan fingerprint density at radius 1 is 1.32 bits per heavy atom. The van der Waals surface area contributed by atoms with Crippen LogP contribution in [0.5, 0.6) is 0 Å². The molecule has 3 fully saturated rings. The fourth-order valence-corrected chi connectivity index (χ4v) is 5.50. The molecule has 0 bridgehead atoms. The molecule has 3 aliphatic rings. The van der Waals surface area contributed by atoms with Crippen molar-refractivity contribution in [2.24, 2.45) is 17.8 Å². The number of fused-ring (bicyclic) bond motifs is 1. The van der Waals surface area contributed by atoms with E-state index in [9.17, 15) is 4.79 Å². The molecule has 5 heteroatoms. The van der Waals surface area contributed by atoms with Crippen molar-refractivity contribution in [2.45, 2.75) is 58.2 Å². The average molecular weight is 363 g/mol. The monoisotopic (exact) mass is 362 g/mol. The molecule has 1 aromatic heterocycles. The first-order valence-electron chi connectivity index (χ1n) is 9.72. The molecule has 0 spiro atoms. The highest BCUT2D eigenvalue weighted by molar-refractivity contribution is 7.10. The summed E-state index contributed by atoms with van der Waals surface area (Å²) in [4.78, 5) is 15.7.